The summed E-state index contributed by atoms with van der Waals surface area (Å²) < 4.78 is 4.76. The van der Waals surface area contributed by atoms with Crippen molar-refractivity contribution in [2.45, 2.75) is 45.1 Å². The van der Waals surface area contributed by atoms with Gasteiger partial charge < -0.3 is 10.5 Å². The molecule has 0 aromatic carbocycles. The minimum atomic E-state index is -0.377. The summed E-state index contributed by atoms with van der Waals surface area (Å²) in [5.41, 5.74) is 5.33. The molecule has 0 saturated carbocycles. The highest BCUT2D eigenvalue weighted by atomic mass is 16.5. The highest BCUT2D eigenvalue weighted by Crippen LogP contribution is 2.16. The second-order valence-electron chi connectivity index (χ2n) is 4.73. The number of ether oxygens (including phenoxy) is 1. The lowest BCUT2D eigenvalue weighted by Crippen LogP contribution is -2.49. The Balaban J connectivity index is 2.37. The van der Waals surface area contributed by atoms with Gasteiger partial charge in [0, 0.05) is 6.42 Å². The Kier molecular flexibility index (Phi) is 6.49. The van der Waals surface area contributed by atoms with Crippen molar-refractivity contribution in [2.24, 2.45) is 5.73 Å². The van der Waals surface area contributed by atoms with E-state index in [0.29, 0.717) is 19.6 Å². The predicted octanol–water partition coefficient (Wildman–Crippen LogP) is 0.239. The number of ketones is 1. The van der Waals surface area contributed by atoms with Crippen molar-refractivity contribution in [1.29, 1.82) is 0 Å². The zero-order chi connectivity index (χ0) is 14.3. The first-order valence-electron chi connectivity index (χ1n) is 6.75. The van der Waals surface area contributed by atoms with Crippen LogP contribution in [0.15, 0.2) is 0 Å². The SMILES string of the molecule is CCOC(=O)CCC(=O)CN1CCCCC1C(N)=O. The Bertz CT molecular complexity index is 344. The maximum atomic E-state index is 11.8. The predicted molar refractivity (Wildman–Crippen MR) is 69.3 cm³/mol. The van der Waals surface area contributed by atoms with Gasteiger partial charge in [0.2, 0.25) is 5.91 Å². The molecule has 0 aromatic rings. The van der Waals surface area contributed by atoms with Crippen LogP contribution in [0.25, 0.3) is 0 Å². The summed E-state index contributed by atoms with van der Waals surface area (Å²) in [5, 5.41) is 0. The fraction of sp³-hybridized carbons (Fsp3) is 0.769. The molecule has 1 aliphatic rings. The van der Waals surface area contributed by atoms with Crippen molar-refractivity contribution < 1.29 is 19.1 Å². The fourth-order valence-electron chi connectivity index (χ4n) is 2.28. The van der Waals surface area contributed by atoms with Crippen molar-refractivity contribution in [3.8, 4) is 0 Å². The van der Waals surface area contributed by atoms with Crippen LogP contribution in [0.3, 0.4) is 0 Å². The van der Waals surface area contributed by atoms with Crippen LogP contribution in [-0.4, -0.2) is 48.3 Å². The molecule has 1 rings (SSSR count). The average Bonchev–Trinajstić information content (AvgIpc) is 2.37. The number of nitrogens with two attached hydrogens (primary N) is 1. The number of nitrogens with zero attached hydrogens (tertiary/aromatic N) is 1. The van der Waals surface area contributed by atoms with Gasteiger partial charge in [0.05, 0.1) is 25.6 Å². The van der Waals surface area contributed by atoms with Crippen molar-refractivity contribution in [3.63, 3.8) is 0 Å². The molecule has 0 radical (unpaired) electrons. The first kappa shape index (κ1) is 15.6. The Morgan fingerprint density at radius 1 is 1.26 bits per heavy atom. The van der Waals surface area contributed by atoms with Crippen LogP contribution in [0.5, 0.6) is 0 Å². The molecule has 0 bridgehead atoms. The van der Waals surface area contributed by atoms with Crippen LogP contribution in [0.1, 0.15) is 39.0 Å². The van der Waals surface area contributed by atoms with Crippen LogP contribution in [-0.2, 0) is 19.1 Å². The molecule has 0 spiro atoms. The third-order valence-electron chi connectivity index (χ3n) is 3.23. The van der Waals surface area contributed by atoms with Crippen molar-refractivity contribution in [1.82, 2.24) is 4.90 Å². The Labute approximate surface area is 113 Å². The zero-order valence-electron chi connectivity index (χ0n) is 11.4. The van der Waals surface area contributed by atoms with Crippen LogP contribution >= 0.6 is 0 Å². The summed E-state index contributed by atoms with van der Waals surface area (Å²) in [7, 11) is 0. The molecule has 6 nitrogen and oxygen atoms in total. The molecule has 1 saturated heterocycles. The van der Waals surface area contributed by atoms with E-state index in [2.05, 4.69) is 0 Å². The second kappa shape index (κ2) is 7.89. The van der Waals surface area contributed by atoms with E-state index in [1.54, 1.807) is 6.92 Å². The topological polar surface area (TPSA) is 89.7 Å². The van der Waals surface area contributed by atoms with Gasteiger partial charge in [-0.15, -0.1) is 0 Å². The molecule has 19 heavy (non-hydrogen) atoms. The van der Waals surface area contributed by atoms with E-state index in [1.807, 2.05) is 4.90 Å². The summed E-state index contributed by atoms with van der Waals surface area (Å²) in [6, 6.07) is -0.347. The minimum absolute atomic E-state index is 0.0544. The van der Waals surface area contributed by atoms with E-state index in [0.717, 1.165) is 12.8 Å². The van der Waals surface area contributed by atoms with Crippen LogP contribution in [0, 0.1) is 0 Å². The molecule has 2 N–H and O–H groups in total. The lowest BCUT2D eigenvalue weighted by atomic mass is 10.0. The number of amides is 1. The second-order valence-corrected chi connectivity index (χ2v) is 4.73. The number of piperidine rings is 1. The van der Waals surface area contributed by atoms with Gasteiger partial charge in [0.25, 0.3) is 0 Å². The number of esters is 1. The Morgan fingerprint density at radius 2 is 2.00 bits per heavy atom. The summed E-state index contributed by atoms with van der Waals surface area (Å²) >= 11 is 0. The molecular weight excluding hydrogens is 248 g/mol. The third kappa shape index (κ3) is 5.38. The van der Waals surface area contributed by atoms with Gasteiger partial charge in [-0.2, -0.15) is 0 Å². The van der Waals surface area contributed by atoms with Crippen LogP contribution in [0.2, 0.25) is 0 Å². The highest BCUT2D eigenvalue weighted by Gasteiger charge is 2.28. The first-order chi connectivity index (χ1) is 9.04. The van der Waals surface area contributed by atoms with E-state index in [1.165, 1.54) is 0 Å². The molecular formula is C13H22N2O4. The van der Waals surface area contributed by atoms with Crippen molar-refractivity contribution in [2.75, 3.05) is 19.7 Å². The molecule has 0 aromatic heterocycles. The molecule has 1 heterocycles. The van der Waals surface area contributed by atoms with Gasteiger partial charge in [-0.25, -0.2) is 0 Å². The van der Waals surface area contributed by atoms with Gasteiger partial charge in [-0.3, -0.25) is 19.3 Å². The van der Waals surface area contributed by atoms with Crippen molar-refractivity contribution >= 4 is 17.7 Å². The maximum Gasteiger partial charge on any atom is 0.306 e. The summed E-state index contributed by atoms with van der Waals surface area (Å²) in [6.07, 6.45) is 2.89. The van der Waals surface area contributed by atoms with Crippen molar-refractivity contribution in [3.05, 3.63) is 0 Å². The standard InChI is InChI=1S/C13H22N2O4/c1-2-19-12(17)7-6-10(16)9-15-8-4-3-5-11(15)13(14)18/h11H,2-9H2,1H3,(H2,14,18). The molecule has 108 valence electrons. The lowest BCUT2D eigenvalue weighted by molar-refractivity contribution is -0.144. The number of carbonyl (C=O) groups is 3. The van der Waals surface area contributed by atoms with Gasteiger partial charge in [0.15, 0.2) is 0 Å². The summed E-state index contributed by atoms with van der Waals surface area (Å²) in [5.74, 6) is -0.792. The Hall–Kier alpha value is -1.43. The van der Waals surface area contributed by atoms with Crippen LogP contribution < -0.4 is 5.73 Å². The molecule has 1 fully saturated rings. The number of hydrogen-bond acceptors (Lipinski definition) is 5. The molecule has 1 aliphatic heterocycles. The number of carbonyl (C=O) groups excluding carboxylic acids is 3. The number of rotatable bonds is 7. The number of Topliss-reactive ketones (excluding diaryl/α,β-unsaturated/α-hetero) is 1. The van der Waals surface area contributed by atoms with E-state index < -0.39 is 0 Å². The zero-order valence-corrected chi connectivity index (χ0v) is 11.4. The number of hydrogen-bond donors (Lipinski definition) is 1. The summed E-state index contributed by atoms with van der Waals surface area (Å²) in [4.78, 5) is 36.0. The van der Waals surface area contributed by atoms with Gasteiger partial charge in [-0.05, 0) is 26.3 Å². The smallest absolute Gasteiger partial charge is 0.306 e. The molecule has 1 atom stereocenters. The number of primary amides is 1. The molecule has 0 aliphatic carbocycles. The molecule has 6 heteroatoms. The normalized spacial score (nSPS) is 19.9. The number of likely N-dealkylation sites (tertiary alicyclic amines) is 1. The highest BCUT2D eigenvalue weighted by molar-refractivity contribution is 5.85. The summed E-state index contributed by atoms with van der Waals surface area (Å²) in [6.45, 7) is 2.94. The maximum absolute atomic E-state index is 11.8. The van der Waals surface area contributed by atoms with Gasteiger partial charge >= 0.3 is 5.97 Å². The monoisotopic (exact) mass is 270 g/mol. The average molecular weight is 270 g/mol. The largest absolute Gasteiger partial charge is 0.466 e. The van der Waals surface area contributed by atoms with E-state index in [9.17, 15) is 14.4 Å². The van der Waals surface area contributed by atoms with Crippen LogP contribution in [0.4, 0.5) is 0 Å². The first-order valence-corrected chi connectivity index (χ1v) is 6.75. The van der Waals surface area contributed by atoms with E-state index in [4.69, 9.17) is 10.5 Å². The Morgan fingerprint density at radius 3 is 2.63 bits per heavy atom. The molecule has 1 unspecified atom stereocenters. The molecule has 1 amide bonds. The third-order valence-corrected chi connectivity index (χ3v) is 3.23. The fourth-order valence-corrected chi connectivity index (χ4v) is 2.28. The lowest BCUT2D eigenvalue weighted by Gasteiger charge is -2.32. The van der Waals surface area contributed by atoms with E-state index in [-0.39, 0.29) is 43.1 Å². The minimum Gasteiger partial charge on any atom is -0.466 e. The van der Waals surface area contributed by atoms with Gasteiger partial charge in [-0.1, -0.05) is 6.42 Å². The van der Waals surface area contributed by atoms with Gasteiger partial charge in [0.1, 0.15) is 5.78 Å². The quantitative estimate of drug-likeness (QED) is 0.669. The van der Waals surface area contributed by atoms with E-state index >= 15 is 0 Å².